The van der Waals surface area contributed by atoms with Crippen LogP contribution in [0.15, 0.2) is 89.8 Å². The molecule has 0 bridgehead atoms. The lowest BCUT2D eigenvalue weighted by molar-refractivity contribution is -0.136. The Balaban J connectivity index is 1.41. The highest BCUT2D eigenvalue weighted by Crippen LogP contribution is 2.35. The van der Waals surface area contributed by atoms with E-state index < -0.39 is 28.0 Å². The van der Waals surface area contributed by atoms with E-state index in [0.717, 1.165) is 35.0 Å². The summed E-state index contributed by atoms with van der Waals surface area (Å²) in [4.78, 5) is 31.8. The number of benzene rings is 4. The maximum absolute atomic E-state index is 13.9. The topological polar surface area (TPSA) is 117 Å². The monoisotopic (exact) mass is 714 g/mol. The lowest BCUT2D eigenvalue weighted by atomic mass is 9.99. The Bertz CT molecular complexity index is 1970. The standard InChI is InChI=1S/C40H50N4O6S/c1-8-44(40(4,5)6)25-29-13-11-12-28(20-29)21-35(39(46)43(7)27(2)3)41-38(45)24-34(32-17-19-36-37(23-32)50-26-49-36)42-51(47,48)33-18-16-30-14-9-10-15-31(30)22-33/h9-20,22-23,27,34-35,42H,8,21,24-26H2,1-7H3,(H,41,45). The highest BCUT2D eigenvalue weighted by Gasteiger charge is 2.30. The van der Waals surface area contributed by atoms with Gasteiger partial charge in [-0.05, 0) is 92.9 Å². The molecular formula is C40H50N4O6S. The Kier molecular flexibility index (Phi) is 11.7. The summed E-state index contributed by atoms with van der Waals surface area (Å²) in [5.74, 6) is 0.288. The van der Waals surface area contributed by atoms with Crippen molar-refractivity contribution in [2.24, 2.45) is 0 Å². The number of hydrogen-bond donors (Lipinski definition) is 2. The van der Waals surface area contributed by atoms with Gasteiger partial charge in [0.25, 0.3) is 0 Å². The molecule has 2 N–H and O–H groups in total. The molecule has 0 saturated carbocycles. The van der Waals surface area contributed by atoms with E-state index in [4.69, 9.17) is 9.47 Å². The highest BCUT2D eigenvalue weighted by atomic mass is 32.2. The van der Waals surface area contributed by atoms with Crippen LogP contribution < -0.4 is 19.5 Å². The number of nitrogens with zero attached hydrogens (tertiary/aromatic N) is 2. The summed E-state index contributed by atoms with van der Waals surface area (Å²) in [6, 6.07) is 23.7. The van der Waals surface area contributed by atoms with E-state index in [2.05, 4.69) is 54.8 Å². The smallest absolute Gasteiger partial charge is 0.245 e. The van der Waals surface area contributed by atoms with Gasteiger partial charge in [-0.15, -0.1) is 0 Å². The van der Waals surface area contributed by atoms with Gasteiger partial charge < -0.3 is 19.7 Å². The number of hydrogen-bond acceptors (Lipinski definition) is 7. The summed E-state index contributed by atoms with van der Waals surface area (Å²) in [5, 5.41) is 4.65. The Hall–Kier alpha value is -4.45. The number of carbonyl (C=O) groups is 2. The van der Waals surface area contributed by atoms with Crippen molar-refractivity contribution < 1.29 is 27.5 Å². The fourth-order valence-corrected chi connectivity index (χ4v) is 7.48. The van der Waals surface area contributed by atoms with Crippen LogP contribution in [-0.4, -0.2) is 68.0 Å². The summed E-state index contributed by atoms with van der Waals surface area (Å²) < 4.78 is 41.5. The third-order valence-electron chi connectivity index (χ3n) is 9.41. The summed E-state index contributed by atoms with van der Waals surface area (Å²) in [5.41, 5.74) is 2.54. The zero-order valence-corrected chi connectivity index (χ0v) is 31.4. The van der Waals surface area contributed by atoms with E-state index in [1.807, 2.05) is 50.2 Å². The van der Waals surface area contributed by atoms with Crippen molar-refractivity contribution in [1.82, 2.24) is 19.8 Å². The van der Waals surface area contributed by atoms with Crippen LogP contribution in [0.1, 0.15) is 70.7 Å². The summed E-state index contributed by atoms with van der Waals surface area (Å²) >= 11 is 0. The molecule has 0 aromatic heterocycles. The first-order valence-electron chi connectivity index (χ1n) is 17.4. The Morgan fingerprint density at radius 2 is 1.57 bits per heavy atom. The molecule has 4 aromatic rings. The molecule has 2 atom stereocenters. The fraction of sp³-hybridized carbons (Fsp3) is 0.400. The van der Waals surface area contributed by atoms with Crippen molar-refractivity contribution in [1.29, 1.82) is 0 Å². The zero-order chi connectivity index (χ0) is 36.9. The average molecular weight is 715 g/mol. The van der Waals surface area contributed by atoms with Crippen molar-refractivity contribution in [2.45, 2.75) is 89.5 Å². The van der Waals surface area contributed by atoms with Gasteiger partial charge in [0, 0.05) is 38.0 Å². The van der Waals surface area contributed by atoms with Gasteiger partial charge in [0.2, 0.25) is 28.6 Å². The fourth-order valence-electron chi connectivity index (χ4n) is 6.22. The quantitative estimate of drug-likeness (QED) is 0.160. The maximum Gasteiger partial charge on any atom is 0.245 e. The second kappa shape index (κ2) is 15.8. The number of sulfonamides is 1. The maximum atomic E-state index is 13.9. The van der Waals surface area contributed by atoms with Gasteiger partial charge in [0.05, 0.1) is 10.9 Å². The number of ether oxygens (including phenoxy) is 2. The number of likely N-dealkylation sites (N-methyl/N-ethyl adjacent to an activating group) is 1. The summed E-state index contributed by atoms with van der Waals surface area (Å²) in [7, 11) is -2.37. The molecule has 11 heteroatoms. The summed E-state index contributed by atoms with van der Waals surface area (Å²) in [6.45, 7) is 14.2. The van der Waals surface area contributed by atoms with E-state index >= 15 is 0 Å². The molecule has 10 nitrogen and oxygen atoms in total. The van der Waals surface area contributed by atoms with Gasteiger partial charge >= 0.3 is 0 Å². The zero-order valence-electron chi connectivity index (χ0n) is 30.6. The van der Waals surface area contributed by atoms with Gasteiger partial charge in [0.1, 0.15) is 6.04 Å². The van der Waals surface area contributed by atoms with Crippen LogP contribution in [-0.2, 0) is 32.6 Å². The Morgan fingerprint density at radius 3 is 2.27 bits per heavy atom. The number of rotatable bonds is 14. The van der Waals surface area contributed by atoms with Crippen molar-refractivity contribution in [3.63, 3.8) is 0 Å². The molecular weight excluding hydrogens is 665 g/mol. The second-order valence-electron chi connectivity index (χ2n) is 14.4. The number of amides is 2. The minimum absolute atomic E-state index is 0.0124. The summed E-state index contributed by atoms with van der Waals surface area (Å²) in [6.07, 6.45) is 0.00728. The van der Waals surface area contributed by atoms with Gasteiger partial charge in [0.15, 0.2) is 11.5 Å². The highest BCUT2D eigenvalue weighted by molar-refractivity contribution is 7.89. The number of carbonyl (C=O) groups excluding carboxylic acids is 2. The third-order valence-corrected chi connectivity index (χ3v) is 10.9. The van der Waals surface area contributed by atoms with Crippen LogP contribution >= 0.6 is 0 Å². The molecule has 272 valence electrons. The first-order valence-corrected chi connectivity index (χ1v) is 18.9. The largest absolute Gasteiger partial charge is 0.454 e. The van der Waals surface area contributed by atoms with Gasteiger partial charge in [-0.2, -0.15) is 0 Å². The van der Waals surface area contributed by atoms with Crippen molar-refractivity contribution in [2.75, 3.05) is 20.4 Å². The van der Waals surface area contributed by atoms with E-state index in [0.29, 0.717) is 17.1 Å². The molecule has 0 fully saturated rings. The third kappa shape index (κ3) is 9.46. The average Bonchev–Trinajstić information content (AvgIpc) is 3.57. The van der Waals surface area contributed by atoms with Crippen LogP contribution in [0.25, 0.3) is 10.8 Å². The van der Waals surface area contributed by atoms with Crippen LogP contribution in [0.2, 0.25) is 0 Å². The van der Waals surface area contributed by atoms with Crippen molar-refractivity contribution in [3.8, 4) is 11.5 Å². The molecule has 2 amide bonds. The molecule has 0 aliphatic carbocycles. The van der Waals surface area contributed by atoms with E-state index in [9.17, 15) is 18.0 Å². The van der Waals surface area contributed by atoms with E-state index in [1.165, 1.54) is 0 Å². The Labute approximate surface area is 302 Å². The predicted molar refractivity (Wildman–Crippen MR) is 200 cm³/mol. The van der Waals surface area contributed by atoms with Crippen molar-refractivity contribution in [3.05, 3.63) is 102 Å². The molecule has 51 heavy (non-hydrogen) atoms. The SMILES string of the molecule is CCN(Cc1cccc(CC(NC(=O)CC(NS(=O)(=O)c2ccc3ccccc3c2)c2ccc3c(c2)OCO3)C(=O)N(C)C(C)C)c1)C(C)(C)C. The van der Waals surface area contributed by atoms with Gasteiger partial charge in [-0.1, -0.05) is 67.6 Å². The normalized spacial score (nSPS) is 14.1. The molecule has 1 aliphatic heterocycles. The Morgan fingerprint density at radius 1 is 0.863 bits per heavy atom. The minimum Gasteiger partial charge on any atom is -0.454 e. The first kappa shape index (κ1) is 37.8. The van der Waals surface area contributed by atoms with E-state index in [1.54, 1.807) is 48.3 Å². The van der Waals surface area contributed by atoms with E-state index in [-0.39, 0.29) is 42.0 Å². The molecule has 1 aliphatic rings. The number of fused-ring (bicyclic) bond motifs is 2. The number of nitrogens with one attached hydrogen (secondary N) is 2. The lowest BCUT2D eigenvalue weighted by Crippen LogP contribution is -2.50. The molecule has 2 unspecified atom stereocenters. The van der Waals surface area contributed by atoms with Crippen LogP contribution in [0, 0.1) is 0 Å². The second-order valence-corrected chi connectivity index (χ2v) is 16.1. The van der Waals surface area contributed by atoms with Gasteiger partial charge in [-0.3, -0.25) is 14.5 Å². The van der Waals surface area contributed by atoms with Crippen LogP contribution in [0.3, 0.4) is 0 Å². The predicted octanol–water partition coefficient (Wildman–Crippen LogP) is 6.19. The molecule has 5 rings (SSSR count). The van der Waals surface area contributed by atoms with Crippen LogP contribution in [0.4, 0.5) is 0 Å². The molecule has 0 radical (unpaired) electrons. The molecule has 1 heterocycles. The van der Waals surface area contributed by atoms with Crippen LogP contribution in [0.5, 0.6) is 11.5 Å². The first-order chi connectivity index (χ1) is 24.1. The minimum atomic E-state index is -4.09. The molecule has 0 saturated heterocycles. The molecule has 0 spiro atoms. The van der Waals surface area contributed by atoms with Gasteiger partial charge in [-0.25, -0.2) is 13.1 Å². The lowest BCUT2D eigenvalue weighted by Gasteiger charge is -2.35. The molecule has 4 aromatic carbocycles. The van der Waals surface area contributed by atoms with Crippen molar-refractivity contribution >= 4 is 32.6 Å².